The molecular formula is C13H18FN3. The van der Waals surface area contributed by atoms with Crippen molar-refractivity contribution in [3.63, 3.8) is 0 Å². The number of benzene rings is 1. The Hall–Kier alpha value is -1.42. The van der Waals surface area contributed by atoms with E-state index in [0.717, 1.165) is 12.1 Å². The standard InChI is InChI=1S/C13H18FN3/c1-9-8-16-13(2,7-12(9)15)17-11-5-3-10(14)4-6-11/h3-6,8-9,12,17H,7,15H2,1-2H3. The molecule has 3 atom stereocenters. The Labute approximate surface area is 101 Å². The summed E-state index contributed by atoms with van der Waals surface area (Å²) in [6.45, 7) is 4.06. The van der Waals surface area contributed by atoms with E-state index < -0.39 is 5.66 Å². The second kappa shape index (κ2) is 4.45. The summed E-state index contributed by atoms with van der Waals surface area (Å²) in [6, 6.07) is 6.38. The predicted molar refractivity (Wildman–Crippen MR) is 68.7 cm³/mol. The van der Waals surface area contributed by atoms with Gasteiger partial charge in [-0.15, -0.1) is 0 Å². The second-order valence-corrected chi connectivity index (χ2v) is 4.91. The highest BCUT2D eigenvalue weighted by Gasteiger charge is 2.31. The molecule has 17 heavy (non-hydrogen) atoms. The van der Waals surface area contributed by atoms with Gasteiger partial charge in [-0.25, -0.2) is 4.39 Å². The quantitative estimate of drug-likeness (QED) is 0.827. The highest BCUT2D eigenvalue weighted by molar-refractivity contribution is 5.64. The lowest BCUT2D eigenvalue weighted by Gasteiger charge is -2.35. The van der Waals surface area contributed by atoms with Crippen molar-refractivity contribution >= 4 is 11.9 Å². The Morgan fingerprint density at radius 2 is 2.06 bits per heavy atom. The van der Waals surface area contributed by atoms with Crippen LogP contribution in [0.15, 0.2) is 29.3 Å². The van der Waals surface area contributed by atoms with Gasteiger partial charge in [0.25, 0.3) is 0 Å². The summed E-state index contributed by atoms with van der Waals surface area (Å²) in [4.78, 5) is 4.50. The molecule has 3 nitrogen and oxygen atoms in total. The number of nitrogens with one attached hydrogen (secondary N) is 1. The average molecular weight is 235 g/mol. The van der Waals surface area contributed by atoms with Crippen molar-refractivity contribution in [2.24, 2.45) is 16.6 Å². The maximum Gasteiger partial charge on any atom is 0.127 e. The number of hydrogen-bond acceptors (Lipinski definition) is 3. The fraction of sp³-hybridized carbons (Fsp3) is 0.462. The van der Waals surface area contributed by atoms with Crippen LogP contribution in [0.5, 0.6) is 0 Å². The molecule has 2 rings (SSSR count). The van der Waals surface area contributed by atoms with Crippen LogP contribution in [-0.2, 0) is 0 Å². The lowest BCUT2D eigenvalue weighted by atomic mass is 9.90. The van der Waals surface area contributed by atoms with Crippen molar-refractivity contribution in [1.29, 1.82) is 0 Å². The Balaban J connectivity index is 2.12. The fourth-order valence-electron chi connectivity index (χ4n) is 2.02. The van der Waals surface area contributed by atoms with E-state index in [1.165, 1.54) is 12.1 Å². The summed E-state index contributed by atoms with van der Waals surface area (Å²) in [5.41, 5.74) is 6.50. The highest BCUT2D eigenvalue weighted by Crippen LogP contribution is 2.26. The number of rotatable bonds is 2. The van der Waals surface area contributed by atoms with Crippen LogP contribution in [-0.4, -0.2) is 17.9 Å². The van der Waals surface area contributed by atoms with Crippen LogP contribution in [0.1, 0.15) is 20.3 Å². The summed E-state index contributed by atoms with van der Waals surface area (Å²) in [5.74, 6) is 0.0660. The minimum absolute atomic E-state index is 0.102. The van der Waals surface area contributed by atoms with Crippen LogP contribution in [0.3, 0.4) is 0 Å². The van der Waals surface area contributed by atoms with Crippen LogP contribution in [0.25, 0.3) is 0 Å². The molecule has 0 spiro atoms. The van der Waals surface area contributed by atoms with Crippen molar-refractivity contribution in [2.45, 2.75) is 32.0 Å². The second-order valence-electron chi connectivity index (χ2n) is 4.91. The topological polar surface area (TPSA) is 50.4 Å². The van der Waals surface area contributed by atoms with E-state index in [9.17, 15) is 4.39 Å². The number of nitrogens with two attached hydrogens (primary N) is 1. The molecule has 1 aromatic carbocycles. The monoisotopic (exact) mass is 235 g/mol. The van der Waals surface area contributed by atoms with Crippen LogP contribution in [0.2, 0.25) is 0 Å². The number of halogens is 1. The molecule has 0 aromatic heterocycles. The molecule has 92 valence electrons. The van der Waals surface area contributed by atoms with Gasteiger partial charge in [0.05, 0.1) is 0 Å². The molecule has 1 aliphatic heterocycles. The van der Waals surface area contributed by atoms with Crippen molar-refractivity contribution < 1.29 is 4.39 Å². The maximum absolute atomic E-state index is 12.8. The summed E-state index contributed by atoms with van der Waals surface area (Å²) >= 11 is 0. The molecule has 3 N–H and O–H groups in total. The molecule has 0 saturated heterocycles. The minimum atomic E-state index is -0.399. The summed E-state index contributed by atoms with van der Waals surface area (Å²) in [5, 5.41) is 3.29. The van der Waals surface area contributed by atoms with E-state index in [1.807, 2.05) is 13.1 Å². The van der Waals surface area contributed by atoms with Crippen molar-refractivity contribution in [3.05, 3.63) is 30.1 Å². The molecule has 1 aliphatic rings. The van der Waals surface area contributed by atoms with Gasteiger partial charge in [-0.05, 0) is 31.2 Å². The van der Waals surface area contributed by atoms with Gasteiger partial charge in [-0.3, -0.25) is 4.99 Å². The summed E-state index contributed by atoms with van der Waals surface area (Å²) < 4.78 is 12.8. The molecule has 4 heteroatoms. The third-order valence-electron chi connectivity index (χ3n) is 3.16. The van der Waals surface area contributed by atoms with Gasteiger partial charge in [0, 0.05) is 30.3 Å². The van der Waals surface area contributed by atoms with Gasteiger partial charge in [0.15, 0.2) is 0 Å². The largest absolute Gasteiger partial charge is 0.361 e. The summed E-state index contributed by atoms with van der Waals surface area (Å²) in [6.07, 6.45) is 2.66. The number of anilines is 1. The molecular weight excluding hydrogens is 217 g/mol. The highest BCUT2D eigenvalue weighted by atomic mass is 19.1. The molecule has 0 aliphatic carbocycles. The first-order valence-electron chi connectivity index (χ1n) is 5.83. The zero-order valence-corrected chi connectivity index (χ0v) is 10.2. The van der Waals surface area contributed by atoms with E-state index in [4.69, 9.17) is 5.73 Å². The zero-order chi connectivity index (χ0) is 12.5. The molecule has 0 radical (unpaired) electrons. The van der Waals surface area contributed by atoms with Gasteiger partial charge in [0.1, 0.15) is 11.5 Å². The third kappa shape index (κ3) is 2.82. The smallest absolute Gasteiger partial charge is 0.127 e. The predicted octanol–water partition coefficient (Wildman–Crippen LogP) is 2.39. The SMILES string of the molecule is CC1C=NC(C)(Nc2ccc(F)cc2)CC1N. The van der Waals surface area contributed by atoms with E-state index >= 15 is 0 Å². The molecule has 1 heterocycles. The number of aliphatic imine (C=N–C) groups is 1. The lowest BCUT2D eigenvalue weighted by molar-refractivity contribution is 0.381. The Bertz CT molecular complexity index is 415. The Morgan fingerprint density at radius 3 is 2.65 bits per heavy atom. The average Bonchev–Trinajstić information content (AvgIpc) is 2.28. The molecule has 0 amide bonds. The fourth-order valence-corrected chi connectivity index (χ4v) is 2.02. The van der Waals surface area contributed by atoms with Gasteiger partial charge in [0.2, 0.25) is 0 Å². The summed E-state index contributed by atoms with van der Waals surface area (Å²) in [7, 11) is 0. The van der Waals surface area contributed by atoms with Crippen molar-refractivity contribution in [1.82, 2.24) is 0 Å². The van der Waals surface area contributed by atoms with Gasteiger partial charge >= 0.3 is 0 Å². The third-order valence-corrected chi connectivity index (χ3v) is 3.16. The van der Waals surface area contributed by atoms with E-state index in [2.05, 4.69) is 17.2 Å². The number of nitrogens with zero attached hydrogens (tertiary/aromatic N) is 1. The van der Waals surface area contributed by atoms with E-state index in [-0.39, 0.29) is 11.9 Å². The Kier molecular flexibility index (Phi) is 3.15. The van der Waals surface area contributed by atoms with E-state index in [1.54, 1.807) is 12.1 Å². The van der Waals surface area contributed by atoms with Gasteiger partial charge in [-0.2, -0.15) is 0 Å². The normalized spacial score (nSPS) is 32.5. The van der Waals surface area contributed by atoms with Crippen molar-refractivity contribution in [2.75, 3.05) is 5.32 Å². The molecule has 3 unspecified atom stereocenters. The molecule has 0 saturated carbocycles. The van der Waals surface area contributed by atoms with E-state index in [0.29, 0.717) is 5.92 Å². The Morgan fingerprint density at radius 1 is 1.41 bits per heavy atom. The van der Waals surface area contributed by atoms with Crippen LogP contribution in [0, 0.1) is 11.7 Å². The van der Waals surface area contributed by atoms with Crippen molar-refractivity contribution in [3.8, 4) is 0 Å². The van der Waals surface area contributed by atoms with Crippen LogP contribution >= 0.6 is 0 Å². The van der Waals surface area contributed by atoms with Crippen LogP contribution in [0.4, 0.5) is 10.1 Å². The van der Waals surface area contributed by atoms with Crippen LogP contribution < -0.4 is 11.1 Å². The van der Waals surface area contributed by atoms with Gasteiger partial charge in [-0.1, -0.05) is 6.92 Å². The first kappa shape index (κ1) is 12.0. The molecule has 0 bridgehead atoms. The van der Waals surface area contributed by atoms with Gasteiger partial charge < -0.3 is 11.1 Å². The first-order chi connectivity index (χ1) is 7.98. The molecule has 0 fully saturated rings. The molecule has 1 aromatic rings. The number of hydrogen-bond donors (Lipinski definition) is 2. The lowest BCUT2D eigenvalue weighted by Crippen LogP contribution is -2.46. The first-order valence-corrected chi connectivity index (χ1v) is 5.83. The minimum Gasteiger partial charge on any atom is -0.361 e. The zero-order valence-electron chi connectivity index (χ0n) is 10.2. The maximum atomic E-state index is 12.8.